The number of rotatable bonds is 6. The number of alkyl halides is 2. The zero-order chi connectivity index (χ0) is 17.7. The van der Waals surface area contributed by atoms with Crippen LogP contribution in [-0.2, 0) is 11.4 Å². The van der Waals surface area contributed by atoms with E-state index >= 15 is 0 Å². The average molecular weight is 333 g/mol. The van der Waals surface area contributed by atoms with Crippen molar-refractivity contribution in [3.63, 3.8) is 0 Å². The van der Waals surface area contributed by atoms with Crippen molar-refractivity contribution in [1.29, 1.82) is 0 Å². The van der Waals surface area contributed by atoms with Gasteiger partial charge in [-0.1, -0.05) is 36.8 Å². The maximum atomic E-state index is 12.9. The number of aryl methyl sites for hydroxylation is 2. The molecule has 128 valence electrons. The Balaban J connectivity index is 2.22. The fourth-order valence-electron chi connectivity index (χ4n) is 2.33. The van der Waals surface area contributed by atoms with Gasteiger partial charge in [0.2, 0.25) is 5.91 Å². The predicted molar refractivity (Wildman–Crippen MR) is 90.6 cm³/mol. The van der Waals surface area contributed by atoms with Crippen molar-refractivity contribution in [2.24, 2.45) is 0 Å². The highest BCUT2D eigenvalue weighted by atomic mass is 19.3. The Kier molecular flexibility index (Phi) is 5.90. The van der Waals surface area contributed by atoms with Gasteiger partial charge < -0.3 is 10.1 Å². The number of halogens is 2. The third-order valence-corrected chi connectivity index (χ3v) is 3.69. The van der Waals surface area contributed by atoms with Crippen molar-refractivity contribution in [3.8, 4) is 5.75 Å². The Morgan fingerprint density at radius 1 is 1.17 bits per heavy atom. The van der Waals surface area contributed by atoms with Crippen LogP contribution in [0.1, 0.15) is 42.0 Å². The molecule has 0 atom stereocenters. The topological polar surface area (TPSA) is 38.3 Å². The first-order valence-electron chi connectivity index (χ1n) is 7.81. The molecule has 0 aliphatic rings. The second-order valence-electron chi connectivity index (χ2n) is 5.68. The summed E-state index contributed by atoms with van der Waals surface area (Å²) in [5.74, 6) is 0.500. The summed E-state index contributed by atoms with van der Waals surface area (Å²) in [6.45, 7) is 5.84. The summed E-state index contributed by atoms with van der Waals surface area (Å²) in [6, 6.07) is 10.1. The SMILES string of the molecule is CCC(=O)Nc1cc(C(F)F)ccc1COc1ccc(C)cc1C. The number of amides is 1. The highest BCUT2D eigenvalue weighted by Crippen LogP contribution is 2.27. The number of hydrogen-bond acceptors (Lipinski definition) is 2. The van der Waals surface area contributed by atoms with Crippen LogP contribution in [0.25, 0.3) is 0 Å². The fraction of sp³-hybridized carbons (Fsp3) is 0.316. The fourth-order valence-corrected chi connectivity index (χ4v) is 2.33. The zero-order valence-electron chi connectivity index (χ0n) is 14.0. The van der Waals surface area contributed by atoms with Crippen LogP contribution < -0.4 is 10.1 Å². The number of carbonyl (C=O) groups is 1. The summed E-state index contributed by atoms with van der Waals surface area (Å²) in [7, 11) is 0. The number of anilines is 1. The van der Waals surface area contributed by atoms with Gasteiger partial charge in [-0.3, -0.25) is 4.79 Å². The molecule has 3 nitrogen and oxygen atoms in total. The molecular formula is C19H21F2NO2. The van der Waals surface area contributed by atoms with Crippen LogP contribution >= 0.6 is 0 Å². The van der Waals surface area contributed by atoms with E-state index in [1.54, 1.807) is 13.0 Å². The lowest BCUT2D eigenvalue weighted by molar-refractivity contribution is -0.115. The van der Waals surface area contributed by atoms with E-state index in [1.807, 2.05) is 32.0 Å². The maximum Gasteiger partial charge on any atom is 0.263 e. The maximum absolute atomic E-state index is 12.9. The van der Waals surface area contributed by atoms with E-state index in [9.17, 15) is 13.6 Å². The number of benzene rings is 2. The first kappa shape index (κ1) is 17.9. The predicted octanol–water partition coefficient (Wildman–Crippen LogP) is 5.17. The molecule has 1 N–H and O–H groups in total. The lowest BCUT2D eigenvalue weighted by Gasteiger charge is -2.15. The van der Waals surface area contributed by atoms with Crippen molar-refractivity contribution >= 4 is 11.6 Å². The minimum absolute atomic E-state index is 0.128. The van der Waals surface area contributed by atoms with Gasteiger partial charge in [0.1, 0.15) is 12.4 Å². The van der Waals surface area contributed by atoms with Crippen molar-refractivity contribution in [2.75, 3.05) is 5.32 Å². The van der Waals surface area contributed by atoms with Crippen molar-refractivity contribution in [2.45, 2.75) is 40.2 Å². The van der Waals surface area contributed by atoms with E-state index in [1.165, 1.54) is 12.1 Å². The Bertz CT molecular complexity index is 729. The monoisotopic (exact) mass is 333 g/mol. The Labute approximate surface area is 140 Å². The third kappa shape index (κ3) is 4.54. The van der Waals surface area contributed by atoms with E-state index < -0.39 is 6.43 Å². The van der Waals surface area contributed by atoms with E-state index in [-0.39, 0.29) is 24.5 Å². The van der Waals surface area contributed by atoms with Crippen LogP contribution in [0.15, 0.2) is 36.4 Å². The first-order valence-corrected chi connectivity index (χ1v) is 7.81. The summed E-state index contributed by atoms with van der Waals surface area (Å²) in [6.07, 6.45) is -2.31. The van der Waals surface area contributed by atoms with Gasteiger partial charge in [-0.2, -0.15) is 0 Å². The molecule has 1 amide bonds. The number of ether oxygens (including phenoxy) is 1. The van der Waals surface area contributed by atoms with E-state index in [0.29, 0.717) is 11.3 Å². The lowest BCUT2D eigenvalue weighted by Crippen LogP contribution is -2.12. The summed E-state index contributed by atoms with van der Waals surface area (Å²) in [5.41, 5.74) is 3.03. The number of hydrogen-bond donors (Lipinski definition) is 1. The van der Waals surface area contributed by atoms with Gasteiger partial charge in [0.15, 0.2) is 0 Å². The highest BCUT2D eigenvalue weighted by molar-refractivity contribution is 5.91. The first-order chi connectivity index (χ1) is 11.4. The minimum Gasteiger partial charge on any atom is -0.489 e. The molecule has 2 aromatic carbocycles. The van der Waals surface area contributed by atoms with Crippen molar-refractivity contribution in [3.05, 3.63) is 58.7 Å². The van der Waals surface area contributed by atoms with Crippen LogP contribution in [0.5, 0.6) is 5.75 Å². The normalized spacial score (nSPS) is 10.8. The Morgan fingerprint density at radius 2 is 1.92 bits per heavy atom. The largest absolute Gasteiger partial charge is 0.489 e. The molecule has 24 heavy (non-hydrogen) atoms. The van der Waals surface area contributed by atoms with Gasteiger partial charge in [-0.25, -0.2) is 8.78 Å². The highest BCUT2D eigenvalue weighted by Gasteiger charge is 2.13. The zero-order valence-corrected chi connectivity index (χ0v) is 14.0. The Hall–Kier alpha value is -2.43. The number of nitrogens with one attached hydrogen (secondary N) is 1. The van der Waals surface area contributed by atoms with Gasteiger partial charge in [0.25, 0.3) is 6.43 Å². The van der Waals surface area contributed by atoms with Gasteiger partial charge in [0, 0.05) is 23.2 Å². The molecule has 0 aliphatic heterocycles. The van der Waals surface area contributed by atoms with Gasteiger partial charge >= 0.3 is 0 Å². The summed E-state index contributed by atoms with van der Waals surface area (Å²) < 4.78 is 31.6. The molecule has 0 bridgehead atoms. The van der Waals surface area contributed by atoms with Crippen LogP contribution in [0, 0.1) is 13.8 Å². The molecule has 5 heteroatoms. The molecule has 0 unspecified atom stereocenters. The molecule has 0 aromatic heterocycles. The third-order valence-electron chi connectivity index (χ3n) is 3.69. The molecule has 0 aliphatic carbocycles. The molecule has 0 saturated carbocycles. The van der Waals surface area contributed by atoms with E-state index in [4.69, 9.17) is 4.74 Å². The smallest absolute Gasteiger partial charge is 0.263 e. The Morgan fingerprint density at radius 3 is 2.54 bits per heavy atom. The van der Waals surface area contributed by atoms with Gasteiger partial charge in [0.05, 0.1) is 0 Å². The summed E-state index contributed by atoms with van der Waals surface area (Å²) in [4.78, 5) is 11.6. The molecule has 2 rings (SSSR count). The van der Waals surface area contributed by atoms with Crippen molar-refractivity contribution < 1.29 is 18.3 Å². The van der Waals surface area contributed by atoms with Crippen LogP contribution in [0.2, 0.25) is 0 Å². The van der Waals surface area contributed by atoms with E-state index in [2.05, 4.69) is 5.32 Å². The van der Waals surface area contributed by atoms with Crippen LogP contribution in [0.4, 0.5) is 14.5 Å². The van der Waals surface area contributed by atoms with Crippen LogP contribution in [-0.4, -0.2) is 5.91 Å². The minimum atomic E-state index is -2.59. The van der Waals surface area contributed by atoms with Gasteiger partial charge in [-0.05, 0) is 31.5 Å². The summed E-state index contributed by atoms with van der Waals surface area (Å²) >= 11 is 0. The van der Waals surface area contributed by atoms with Gasteiger partial charge in [-0.15, -0.1) is 0 Å². The quantitative estimate of drug-likeness (QED) is 0.792. The molecule has 0 heterocycles. The molecular weight excluding hydrogens is 312 g/mol. The standard InChI is InChI=1S/C19H21F2NO2/c1-4-18(23)22-16-10-14(19(20)21)6-7-15(16)11-24-17-8-5-12(2)9-13(17)3/h5-10,19H,4,11H2,1-3H3,(H,22,23). The molecule has 0 spiro atoms. The second-order valence-corrected chi connectivity index (χ2v) is 5.68. The van der Waals surface area contributed by atoms with E-state index in [0.717, 1.165) is 16.9 Å². The molecule has 0 fully saturated rings. The molecule has 2 aromatic rings. The second kappa shape index (κ2) is 7.90. The average Bonchev–Trinajstić information content (AvgIpc) is 2.54. The molecule has 0 radical (unpaired) electrons. The van der Waals surface area contributed by atoms with Crippen LogP contribution in [0.3, 0.4) is 0 Å². The lowest BCUT2D eigenvalue weighted by atomic mass is 10.1. The summed E-state index contributed by atoms with van der Waals surface area (Å²) in [5, 5.41) is 2.66. The number of carbonyl (C=O) groups excluding carboxylic acids is 1. The van der Waals surface area contributed by atoms with Crippen molar-refractivity contribution in [1.82, 2.24) is 0 Å². The molecule has 0 saturated heterocycles.